The number of rotatable bonds is 5. The van der Waals surface area contributed by atoms with Crippen LogP contribution in [0.3, 0.4) is 0 Å². The highest BCUT2D eigenvalue weighted by molar-refractivity contribution is 6.36. The molecule has 1 atom stereocenters. The van der Waals surface area contributed by atoms with Gasteiger partial charge in [0, 0.05) is 23.0 Å². The zero-order valence-electron chi connectivity index (χ0n) is 11.8. The van der Waals surface area contributed by atoms with Gasteiger partial charge in [0.25, 0.3) is 0 Å². The Labute approximate surface area is 129 Å². The smallest absolute Gasteiger partial charge is 0.155 e. The summed E-state index contributed by atoms with van der Waals surface area (Å²) in [5.41, 5.74) is 0.868. The molecule has 0 spiro atoms. The van der Waals surface area contributed by atoms with Gasteiger partial charge in [-0.05, 0) is 38.6 Å². The molecule has 6 heteroatoms. The Hall–Kier alpha value is -1.10. The summed E-state index contributed by atoms with van der Waals surface area (Å²) < 4.78 is 1.90. The highest BCUT2D eigenvalue weighted by Gasteiger charge is 2.16. The molecule has 0 aliphatic carbocycles. The Morgan fingerprint density at radius 3 is 2.50 bits per heavy atom. The van der Waals surface area contributed by atoms with Crippen molar-refractivity contribution in [2.24, 2.45) is 0 Å². The molecule has 0 saturated heterocycles. The van der Waals surface area contributed by atoms with Gasteiger partial charge in [-0.25, -0.2) is 9.67 Å². The van der Waals surface area contributed by atoms with Crippen LogP contribution in [-0.2, 0) is 13.0 Å². The van der Waals surface area contributed by atoms with E-state index in [1.54, 1.807) is 0 Å². The topological polar surface area (TPSA) is 42.7 Å². The predicted molar refractivity (Wildman–Crippen MR) is 82.4 cm³/mol. The number of nitrogens with one attached hydrogen (secondary N) is 1. The van der Waals surface area contributed by atoms with E-state index in [2.05, 4.69) is 22.3 Å². The summed E-state index contributed by atoms with van der Waals surface area (Å²) in [6.45, 7) is 4.89. The van der Waals surface area contributed by atoms with E-state index in [0.717, 1.165) is 23.8 Å². The Balaban J connectivity index is 2.33. The number of aromatic nitrogens is 3. The normalized spacial score (nSPS) is 12.7. The predicted octanol–water partition coefficient (Wildman–Crippen LogP) is 3.48. The molecule has 1 aromatic carbocycles. The maximum absolute atomic E-state index is 6.19. The molecule has 1 heterocycles. The molecule has 0 amide bonds. The van der Waals surface area contributed by atoms with E-state index in [9.17, 15) is 0 Å². The number of nitrogens with zero attached hydrogens (tertiary/aromatic N) is 3. The largest absolute Gasteiger partial charge is 0.311 e. The zero-order chi connectivity index (χ0) is 14.7. The van der Waals surface area contributed by atoms with Crippen LogP contribution in [-0.4, -0.2) is 21.8 Å². The van der Waals surface area contributed by atoms with E-state index in [1.807, 2.05) is 36.9 Å². The second kappa shape index (κ2) is 6.57. The van der Waals surface area contributed by atoms with Gasteiger partial charge < -0.3 is 5.32 Å². The Bertz CT molecular complexity index is 575. The lowest BCUT2D eigenvalue weighted by Gasteiger charge is -2.09. The summed E-state index contributed by atoms with van der Waals surface area (Å²) in [6, 6.07) is 5.65. The molecule has 0 radical (unpaired) electrons. The van der Waals surface area contributed by atoms with Crippen molar-refractivity contribution in [1.82, 2.24) is 20.1 Å². The van der Waals surface area contributed by atoms with Gasteiger partial charge in [0.2, 0.25) is 0 Å². The molecule has 108 valence electrons. The minimum atomic E-state index is 0.151. The van der Waals surface area contributed by atoms with Crippen molar-refractivity contribution in [2.75, 3.05) is 7.05 Å². The molecule has 1 N–H and O–H groups in total. The molecule has 0 aliphatic rings. The maximum Gasteiger partial charge on any atom is 0.155 e. The van der Waals surface area contributed by atoms with Crippen molar-refractivity contribution in [3.05, 3.63) is 45.5 Å². The average molecular weight is 313 g/mol. The van der Waals surface area contributed by atoms with Gasteiger partial charge in [0.15, 0.2) is 5.82 Å². The van der Waals surface area contributed by atoms with Crippen LogP contribution in [0.15, 0.2) is 18.2 Å². The van der Waals surface area contributed by atoms with E-state index >= 15 is 0 Å². The van der Waals surface area contributed by atoms with Gasteiger partial charge in [-0.2, -0.15) is 5.10 Å². The molecule has 0 saturated carbocycles. The van der Waals surface area contributed by atoms with Gasteiger partial charge in [-0.15, -0.1) is 0 Å². The monoisotopic (exact) mass is 312 g/mol. The lowest BCUT2D eigenvalue weighted by Crippen LogP contribution is -2.18. The molecule has 0 fully saturated rings. The van der Waals surface area contributed by atoms with Crippen LogP contribution in [0.5, 0.6) is 0 Å². The van der Waals surface area contributed by atoms with Crippen molar-refractivity contribution >= 4 is 23.2 Å². The Morgan fingerprint density at radius 1 is 1.30 bits per heavy atom. The van der Waals surface area contributed by atoms with E-state index in [-0.39, 0.29) is 6.04 Å². The number of halogens is 2. The first kappa shape index (κ1) is 15.3. The van der Waals surface area contributed by atoms with Gasteiger partial charge in [-0.1, -0.05) is 29.3 Å². The molecule has 4 nitrogen and oxygen atoms in total. The van der Waals surface area contributed by atoms with E-state index in [1.165, 1.54) is 0 Å². The Kier molecular flexibility index (Phi) is 5.02. The summed E-state index contributed by atoms with van der Waals surface area (Å²) in [6.07, 6.45) is 0.537. The first-order valence-corrected chi connectivity index (χ1v) is 7.36. The van der Waals surface area contributed by atoms with E-state index in [4.69, 9.17) is 23.2 Å². The van der Waals surface area contributed by atoms with Crippen LogP contribution >= 0.6 is 23.2 Å². The first-order valence-electron chi connectivity index (χ1n) is 6.60. The average Bonchev–Trinajstić information content (AvgIpc) is 2.85. The highest BCUT2D eigenvalue weighted by atomic mass is 35.5. The van der Waals surface area contributed by atoms with Crippen LogP contribution in [0, 0.1) is 0 Å². The summed E-state index contributed by atoms with van der Waals surface area (Å²) in [5, 5.41) is 9.00. The summed E-state index contributed by atoms with van der Waals surface area (Å²) in [5.74, 6) is 1.66. The van der Waals surface area contributed by atoms with Gasteiger partial charge in [-0.3, -0.25) is 0 Å². The molecule has 0 bridgehead atoms. The lowest BCUT2D eigenvalue weighted by molar-refractivity contribution is 0.532. The molecule has 2 rings (SSSR count). The van der Waals surface area contributed by atoms with Crippen LogP contribution in [0.2, 0.25) is 10.0 Å². The fraction of sp³-hybridized carbons (Fsp3) is 0.429. The number of hydrogen-bond donors (Lipinski definition) is 1. The van der Waals surface area contributed by atoms with Crippen molar-refractivity contribution in [1.29, 1.82) is 0 Å². The minimum Gasteiger partial charge on any atom is -0.311 e. The van der Waals surface area contributed by atoms with E-state index in [0.29, 0.717) is 16.5 Å². The fourth-order valence-corrected chi connectivity index (χ4v) is 2.55. The van der Waals surface area contributed by atoms with Gasteiger partial charge >= 0.3 is 0 Å². The zero-order valence-corrected chi connectivity index (χ0v) is 13.3. The van der Waals surface area contributed by atoms with Crippen molar-refractivity contribution in [3.8, 4) is 0 Å². The first-order chi connectivity index (χ1) is 9.56. The van der Waals surface area contributed by atoms with Crippen LogP contribution in [0.1, 0.15) is 37.1 Å². The minimum absolute atomic E-state index is 0.151. The third kappa shape index (κ3) is 3.14. The highest BCUT2D eigenvalue weighted by Crippen LogP contribution is 2.26. The number of hydrogen-bond acceptors (Lipinski definition) is 3. The van der Waals surface area contributed by atoms with Crippen molar-refractivity contribution in [3.63, 3.8) is 0 Å². The van der Waals surface area contributed by atoms with Crippen molar-refractivity contribution in [2.45, 2.75) is 32.9 Å². The molecular formula is C14H18Cl2N4. The van der Waals surface area contributed by atoms with Crippen LogP contribution in [0.4, 0.5) is 0 Å². The second-order valence-corrected chi connectivity index (χ2v) is 5.40. The summed E-state index contributed by atoms with van der Waals surface area (Å²) in [7, 11) is 1.91. The van der Waals surface area contributed by atoms with Gasteiger partial charge in [0.1, 0.15) is 5.82 Å². The maximum atomic E-state index is 6.19. The molecular weight excluding hydrogens is 295 g/mol. The third-order valence-electron chi connectivity index (χ3n) is 3.26. The standard InChI is InChI=1S/C14H18Cl2N4/c1-4-20-14(9(2)17-3)18-13(19-20)8-10-11(15)6-5-7-12(10)16/h5-7,9,17H,4,8H2,1-3H3/t9-/m0/s1. The second-order valence-electron chi connectivity index (χ2n) is 4.59. The van der Waals surface area contributed by atoms with E-state index < -0.39 is 0 Å². The number of aryl methyl sites for hydroxylation is 1. The summed E-state index contributed by atoms with van der Waals surface area (Å²) >= 11 is 12.4. The molecule has 0 aliphatic heterocycles. The quantitative estimate of drug-likeness (QED) is 0.919. The molecule has 0 unspecified atom stereocenters. The lowest BCUT2D eigenvalue weighted by atomic mass is 10.1. The molecule has 20 heavy (non-hydrogen) atoms. The molecule has 2 aromatic rings. The SMILES string of the molecule is CCn1nc(Cc2c(Cl)cccc2Cl)nc1[C@H](C)NC. The summed E-state index contributed by atoms with van der Waals surface area (Å²) in [4.78, 5) is 4.60. The van der Waals surface area contributed by atoms with Gasteiger partial charge in [0.05, 0.1) is 6.04 Å². The number of benzene rings is 1. The van der Waals surface area contributed by atoms with Crippen LogP contribution < -0.4 is 5.32 Å². The van der Waals surface area contributed by atoms with Crippen LogP contribution in [0.25, 0.3) is 0 Å². The third-order valence-corrected chi connectivity index (χ3v) is 3.97. The Morgan fingerprint density at radius 2 is 1.95 bits per heavy atom. The fourth-order valence-electron chi connectivity index (χ4n) is 2.02. The van der Waals surface area contributed by atoms with Crippen molar-refractivity contribution < 1.29 is 0 Å². The molecule has 1 aromatic heterocycles.